The Balaban J connectivity index is 1.93. The van der Waals surface area contributed by atoms with Gasteiger partial charge < -0.3 is 10.2 Å². The van der Waals surface area contributed by atoms with Gasteiger partial charge >= 0.3 is 0 Å². The van der Waals surface area contributed by atoms with Gasteiger partial charge in [0.1, 0.15) is 6.33 Å². The number of aromatic nitrogens is 6. The minimum Gasteiger partial charge on any atom is -0.354 e. The highest BCUT2D eigenvalue weighted by Crippen LogP contribution is 2.37. The third-order valence-corrected chi connectivity index (χ3v) is 3.88. The lowest BCUT2D eigenvalue weighted by atomic mass is 10.6. The Bertz CT molecular complexity index is 901. The molecule has 3 aromatic heterocycles. The first-order valence-electron chi connectivity index (χ1n) is 7.09. The highest BCUT2D eigenvalue weighted by atomic mass is 32.1. The summed E-state index contributed by atoms with van der Waals surface area (Å²) in [6.45, 7) is 1.40. The molecule has 0 aliphatic carbocycles. The number of hydrogen-bond donors (Lipinski definition) is 1. The Hall–Kier alpha value is -3.28. The summed E-state index contributed by atoms with van der Waals surface area (Å²) in [6, 6.07) is 1.70. The van der Waals surface area contributed by atoms with E-state index in [1.165, 1.54) is 29.3 Å². The van der Waals surface area contributed by atoms with E-state index in [0.717, 1.165) is 0 Å². The highest BCUT2D eigenvalue weighted by Gasteiger charge is 2.14. The predicted molar refractivity (Wildman–Crippen MR) is 91.9 cm³/mol. The molecule has 12 heteroatoms. The summed E-state index contributed by atoms with van der Waals surface area (Å²) < 4.78 is 1.36. The molecule has 0 aliphatic heterocycles. The topological polar surface area (TPSA) is 126 Å². The van der Waals surface area contributed by atoms with Gasteiger partial charge in [-0.15, -0.1) is 10.2 Å². The molecular formula is C13H14N10OS. The standard InChI is InChI=1S/C13H14N10OS/c1-8(24)18-9-10(25-13(19-9)22(2)3)20-21-12-16-7-17-23(12)11-14-5-4-6-15-11/h4-7H,1-3H3,(H,18,24). The minimum atomic E-state index is -0.243. The summed E-state index contributed by atoms with van der Waals surface area (Å²) in [6.07, 6.45) is 4.51. The van der Waals surface area contributed by atoms with Crippen LogP contribution in [0.2, 0.25) is 0 Å². The maximum atomic E-state index is 11.3. The van der Waals surface area contributed by atoms with Crippen LogP contribution in [0.1, 0.15) is 6.92 Å². The molecular weight excluding hydrogens is 344 g/mol. The molecule has 0 aromatic carbocycles. The summed E-state index contributed by atoms with van der Waals surface area (Å²) in [5, 5.41) is 16.0. The summed E-state index contributed by atoms with van der Waals surface area (Å²) in [7, 11) is 3.70. The zero-order valence-electron chi connectivity index (χ0n) is 13.7. The van der Waals surface area contributed by atoms with Gasteiger partial charge in [0.2, 0.25) is 5.91 Å². The number of azo groups is 1. The Morgan fingerprint density at radius 3 is 2.68 bits per heavy atom. The molecule has 3 rings (SSSR count). The summed E-state index contributed by atoms with van der Waals surface area (Å²) in [5.74, 6) is 0.633. The fourth-order valence-electron chi connectivity index (χ4n) is 1.74. The van der Waals surface area contributed by atoms with Crippen LogP contribution in [0.25, 0.3) is 5.95 Å². The predicted octanol–water partition coefficient (Wildman–Crippen LogP) is 1.95. The van der Waals surface area contributed by atoms with Crippen molar-refractivity contribution in [1.29, 1.82) is 0 Å². The monoisotopic (exact) mass is 358 g/mol. The van der Waals surface area contributed by atoms with Gasteiger partial charge in [0.15, 0.2) is 16.0 Å². The lowest BCUT2D eigenvalue weighted by Gasteiger charge is -2.04. The van der Waals surface area contributed by atoms with Gasteiger partial charge in [0.05, 0.1) is 0 Å². The number of rotatable bonds is 5. The summed E-state index contributed by atoms with van der Waals surface area (Å²) in [4.78, 5) is 29.7. The van der Waals surface area contributed by atoms with Gasteiger partial charge in [-0.2, -0.15) is 14.8 Å². The second-order valence-electron chi connectivity index (χ2n) is 4.95. The maximum absolute atomic E-state index is 11.3. The fourth-order valence-corrected chi connectivity index (χ4v) is 2.51. The summed E-state index contributed by atoms with van der Waals surface area (Å²) >= 11 is 1.28. The van der Waals surface area contributed by atoms with Crippen molar-refractivity contribution in [2.45, 2.75) is 6.92 Å². The van der Waals surface area contributed by atoms with Crippen LogP contribution >= 0.6 is 11.3 Å². The van der Waals surface area contributed by atoms with Gasteiger partial charge in [0.25, 0.3) is 11.9 Å². The van der Waals surface area contributed by atoms with Crippen LogP contribution in [0.3, 0.4) is 0 Å². The van der Waals surface area contributed by atoms with E-state index in [2.05, 4.69) is 40.6 Å². The van der Waals surface area contributed by atoms with Crippen molar-refractivity contribution >= 4 is 39.1 Å². The van der Waals surface area contributed by atoms with Crippen molar-refractivity contribution in [1.82, 2.24) is 29.7 Å². The molecule has 0 fully saturated rings. The van der Waals surface area contributed by atoms with Crippen molar-refractivity contribution in [3.05, 3.63) is 24.8 Å². The molecule has 1 N–H and O–H groups in total. The second-order valence-corrected chi connectivity index (χ2v) is 5.90. The average Bonchev–Trinajstić information content (AvgIpc) is 3.20. The SMILES string of the molecule is CC(=O)Nc1nc(N(C)C)sc1N=Nc1ncnn1-c1ncccn1. The molecule has 3 heterocycles. The quantitative estimate of drug-likeness (QED) is 0.691. The molecule has 0 saturated heterocycles. The number of nitrogens with zero attached hydrogens (tertiary/aromatic N) is 9. The van der Waals surface area contributed by atoms with Gasteiger partial charge in [-0.1, -0.05) is 11.3 Å². The molecule has 0 bridgehead atoms. The molecule has 0 spiro atoms. The van der Waals surface area contributed by atoms with E-state index < -0.39 is 0 Å². The molecule has 128 valence electrons. The Morgan fingerprint density at radius 1 is 1.24 bits per heavy atom. The van der Waals surface area contributed by atoms with Crippen LogP contribution in [0, 0.1) is 0 Å². The van der Waals surface area contributed by atoms with Crippen molar-refractivity contribution in [2.75, 3.05) is 24.3 Å². The molecule has 0 unspecified atom stereocenters. The van der Waals surface area contributed by atoms with E-state index in [0.29, 0.717) is 21.9 Å². The van der Waals surface area contributed by atoms with Crippen LogP contribution in [0.15, 0.2) is 35.0 Å². The van der Waals surface area contributed by atoms with Crippen molar-refractivity contribution < 1.29 is 4.79 Å². The van der Waals surface area contributed by atoms with Gasteiger partial charge in [-0.25, -0.2) is 15.0 Å². The van der Waals surface area contributed by atoms with Crippen LogP contribution in [0.4, 0.5) is 21.9 Å². The van der Waals surface area contributed by atoms with Crippen LogP contribution < -0.4 is 10.2 Å². The van der Waals surface area contributed by atoms with E-state index in [-0.39, 0.29) is 11.9 Å². The van der Waals surface area contributed by atoms with Crippen molar-refractivity contribution in [3.63, 3.8) is 0 Å². The van der Waals surface area contributed by atoms with E-state index >= 15 is 0 Å². The first-order chi connectivity index (χ1) is 12.0. The molecule has 11 nitrogen and oxygen atoms in total. The van der Waals surface area contributed by atoms with E-state index in [1.807, 2.05) is 19.0 Å². The molecule has 1 amide bonds. The largest absolute Gasteiger partial charge is 0.354 e. The van der Waals surface area contributed by atoms with E-state index in [4.69, 9.17) is 0 Å². The Labute approximate surface area is 146 Å². The zero-order valence-corrected chi connectivity index (χ0v) is 14.5. The van der Waals surface area contributed by atoms with E-state index in [9.17, 15) is 4.79 Å². The van der Waals surface area contributed by atoms with Crippen LogP contribution in [0.5, 0.6) is 0 Å². The van der Waals surface area contributed by atoms with Gasteiger partial charge in [-0.05, 0) is 6.07 Å². The van der Waals surface area contributed by atoms with E-state index in [1.54, 1.807) is 18.5 Å². The molecule has 25 heavy (non-hydrogen) atoms. The number of anilines is 2. The number of carbonyl (C=O) groups is 1. The third-order valence-electron chi connectivity index (χ3n) is 2.78. The smallest absolute Gasteiger partial charge is 0.274 e. The molecule has 0 radical (unpaired) electrons. The zero-order chi connectivity index (χ0) is 17.8. The van der Waals surface area contributed by atoms with Crippen LogP contribution in [-0.2, 0) is 4.79 Å². The summed E-state index contributed by atoms with van der Waals surface area (Å²) in [5.41, 5.74) is 0. The normalized spacial score (nSPS) is 11.0. The Kier molecular flexibility index (Phi) is 4.70. The molecule has 0 atom stereocenters. The lowest BCUT2D eigenvalue weighted by molar-refractivity contribution is -0.114. The molecule has 0 saturated carbocycles. The Morgan fingerprint density at radius 2 is 2.00 bits per heavy atom. The van der Waals surface area contributed by atoms with Gasteiger partial charge in [0, 0.05) is 33.4 Å². The number of carbonyl (C=O) groups excluding carboxylic acids is 1. The molecule has 3 aromatic rings. The highest BCUT2D eigenvalue weighted by molar-refractivity contribution is 7.19. The number of nitrogens with one attached hydrogen (secondary N) is 1. The van der Waals surface area contributed by atoms with Crippen molar-refractivity contribution in [3.8, 4) is 5.95 Å². The number of amides is 1. The lowest BCUT2D eigenvalue weighted by Crippen LogP contribution is -2.09. The average molecular weight is 358 g/mol. The number of thiazole rings is 1. The maximum Gasteiger partial charge on any atom is 0.274 e. The molecule has 0 aliphatic rings. The fraction of sp³-hybridized carbons (Fsp3) is 0.231. The first kappa shape index (κ1) is 16.6. The number of hydrogen-bond acceptors (Lipinski definition) is 10. The third kappa shape index (κ3) is 3.80. The van der Waals surface area contributed by atoms with Crippen LogP contribution in [-0.4, -0.2) is 49.7 Å². The van der Waals surface area contributed by atoms with Crippen molar-refractivity contribution in [2.24, 2.45) is 10.2 Å². The first-order valence-corrected chi connectivity index (χ1v) is 7.91. The minimum absolute atomic E-state index is 0.208. The van der Waals surface area contributed by atoms with Gasteiger partial charge in [-0.3, -0.25) is 4.79 Å². The second kappa shape index (κ2) is 7.09.